The van der Waals surface area contributed by atoms with Crippen LogP contribution in [0.15, 0.2) is 0 Å². The summed E-state index contributed by atoms with van der Waals surface area (Å²) in [6.07, 6.45) is 8.71. The average molecular weight is 302 g/mol. The van der Waals surface area contributed by atoms with Crippen molar-refractivity contribution < 1.29 is 14.6 Å². The normalized spacial score (nSPS) is 10.6. The Labute approximate surface area is 130 Å². The second-order valence-corrected chi connectivity index (χ2v) is 5.48. The van der Waals surface area contributed by atoms with Crippen molar-refractivity contribution in [3.05, 3.63) is 0 Å². The number of unbranched alkanes of at least 4 members (excludes halogenated alkanes) is 6. The fourth-order valence-electron chi connectivity index (χ4n) is 2.05. The highest BCUT2D eigenvalue weighted by molar-refractivity contribution is 5.67. The lowest BCUT2D eigenvalue weighted by molar-refractivity contribution is 0.108. The molecule has 0 radical (unpaired) electrons. The van der Waals surface area contributed by atoms with Crippen LogP contribution in [0.4, 0.5) is 4.79 Å². The summed E-state index contributed by atoms with van der Waals surface area (Å²) in [6, 6.07) is 0. The molecule has 0 bridgehead atoms. The van der Waals surface area contributed by atoms with Gasteiger partial charge in [0, 0.05) is 20.1 Å². The van der Waals surface area contributed by atoms with E-state index in [0.717, 1.165) is 45.2 Å². The van der Waals surface area contributed by atoms with Crippen molar-refractivity contribution in [2.45, 2.75) is 58.3 Å². The molecule has 0 aliphatic heterocycles. The third-order valence-electron chi connectivity index (χ3n) is 3.42. The number of carbonyl (C=O) groups is 1. The molecule has 0 aromatic heterocycles. The summed E-state index contributed by atoms with van der Waals surface area (Å²) in [7, 11) is 1.81. The first-order valence-corrected chi connectivity index (χ1v) is 8.41. The largest absolute Gasteiger partial charge is 0.449 e. The van der Waals surface area contributed by atoms with Crippen LogP contribution in [0.3, 0.4) is 0 Å². The molecule has 0 aliphatic rings. The maximum atomic E-state index is 11.7. The molecule has 0 rings (SSSR count). The van der Waals surface area contributed by atoms with Gasteiger partial charge in [-0.25, -0.2) is 4.79 Å². The van der Waals surface area contributed by atoms with E-state index in [0.29, 0.717) is 13.2 Å². The highest BCUT2D eigenvalue weighted by Gasteiger charge is 2.08. The molecule has 5 nitrogen and oxygen atoms in total. The predicted molar refractivity (Wildman–Crippen MR) is 86.5 cm³/mol. The summed E-state index contributed by atoms with van der Waals surface area (Å²) in [4.78, 5) is 13.4. The van der Waals surface area contributed by atoms with Crippen LogP contribution >= 0.6 is 0 Å². The minimum Gasteiger partial charge on any atom is -0.449 e. The molecule has 126 valence electrons. The van der Waals surface area contributed by atoms with E-state index in [-0.39, 0.29) is 12.7 Å². The van der Waals surface area contributed by atoms with Crippen LogP contribution in [-0.2, 0) is 4.74 Å². The van der Waals surface area contributed by atoms with E-state index in [9.17, 15) is 4.79 Å². The summed E-state index contributed by atoms with van der Waals surface area (Å²) in [6.45, 7) is 5.29. The second kappa shape index (κ2) is 15.6. The summed E-state index contributed by atoms with van der Waals surface area (Å²) >= 11 is 0. The number of hydrogen-bond acceptors (Lipinski definition) is 4. The summed E-state index contributed by atoms with van der Waals surface area (Å²) in [5, 5.41) is 11.7. The fraction of sp³-hybridized carbons (Fsp3) is 0.938. The van der Waals surface area contributed by atoms with E-state index in [1.54, 1.807) is 11.9 Å². The van der Waals surface area contributed by atoms with Crippen molar-refractivity contribution in [2.24, 2.45) is 0 Å². The Bertz CT molecular complexity index is 238. The number of rotatable bonds is 14. The maximum absolute atomic E-state index is 11.7. The Morgan fingerprint density at radius 2 is 1.76 bits per heavy atom. The van der Waals surface area contributed by atoms with Crippen molar-refractivity contribution in [1.82, 2.24) is 10.2 Å². The smallest absolute Gasteiger partial charge is 0.409 e. The van der Waals surface area contributed by atoms with Crippen LogP contribution < -0.4 is 5.32 Å². The molecule has 1 amide bonds. The lowest BCUT2D eigenvalue weighted by atomic mass is 10.2. The number of aliphatic hydroxyl groups excluding tert-OH is 1. The fourth-order valence-corrected chi connectivity index (χ4v) is 2.05. The van der Waals surface area contributed by atoms with E-state index in [2.05, 4.69) is 12.2 Å². The zero-order valence-corrected chi connectivity index (χ0v) is 13.9. The molecule has 0 aromatic carbocycles. The van der Waals surface area contributed by atoms with Gasteiger partial charge < -0.3 is 20.1 Å². The van der Waals surface area contributed by atoms with Gasteiger partial charge in [-0.1, -0.05) is 39.0 Å². The third kappa shape index (κ3) is 13.9. The lowest BCUT2D eigenvalue weighted by Gasteiger charge is -2.16. The van der Waals surface area contributed by atoms with E-state index in [1.807, 2.05) is 0 Å². The molecular formula is C16H34N2O3. The average Bonchev–Trinajstić information content (AvgIpc) is 2.49. The summed E-state index contributed by atoms with van der Waals surface area (Å²) < 4.78 is 5.24. The van der Waals surface area contributed by atoms with Crippen molar-refractivity contribution in [1.29, 1.82) is 0 Å². The Balaban J connectivity index is 3.32. The molecule has 0 aliphatic carbocycles. The molecule has 2 N–H and O–H groups in total. The van der Waals surface area contributed by atoms with Crippen LogP contribution in [0.1, 0.15) is 58.3 Å². The van der Waals surface area contributed by atoms with Gasteiger partial charge in [0.05, 0.1) is 13.2 Å². The zero-order valence-electron chi connectivity index (χ0n) is 13.9. The van der Waals surface area contributed by atoms with E-state index in [4.69, 9.17) is 9.84 Å². The number of amides is 1. The van der Waals surface area contributed by atoms with Crippen molar-refractivity contribution in [3.63, 3.8) is 0 Å². The van der Waals surface area contributed by atoms with Gasteiger partial charge in [0.25, 0.3) is 0 Å². The SMILES string of the molecule is CCCCCCN(C)C(=O)OCCCCCCNCCO. The van der Waals surface area contributed by atoms with Crippen LogP contribution in [0, 0.1) is 0 Å². The molecule has 0 fully saturated rings. The van der Waals surface area contributed by atoms with Gasteiger partial charge in [0.1, 0.15) is 0 Å². The number of nitrogens with one attached hydrogen (secondary N) is 1. The number of carbonyl (C=O) groups excluding carboxylic acids is 1. The number of ether oxygens (including phenoxy) is 1. The second-order valence-electron chi connectivity index (χ2n) is 5.48. The lowest BCUT2D eigenvalue weighted by Crippen LogP contribution is -2.28. The van der Waals surface area contributed by atoms with Crippen molar-refractivity contribution in [3.8, 4) is 0 Å². The van der Waals surface area contributed by atoms with Gasteiger partial charge in [-0.2, -0.15) is 0 Å². The van der Waals surface area contributed by atoms with Crippen LogP contribution in [0.2, 0.25) is 0 Å². The molecule has 0 saturated carbocycles. The number of nitrogens with zero attached hydrogens (tertiary/aromatic N) is 1. The Kier molecular flexibility index (Phi) is 15.0. The predicted octanol–water partition coefficient (Wildman–Crippen LogP) is 2.78. The molecular weight excluding hydrogens is 268 g/mol. The number of hydrogen-bond donors (Lipinski definition) is 2. The molecule has 0 heterocycles. The Hall–Kier alpha value is -0.810. The van der Waals surface area contributed by atoms with E-state index < -0.39 is 0 Å². The molecule has 0 aromatic rings. The van der Waals surface area contributed by atoms with Gasteiger partial charge in [-0.15, -0.1) is 0 Å². The van der Waals surface area contributed by atoms with Gasteiger partial charge >= 0.3 is 6.09 Å². The monoisotopic (exact) mass is 302 g/mol. The molecule has 0 saturated heterocycles. The minimum atomic E-state index is -0.198. The Morgan fingerprint density at radius 3 is 2.48 bits per heavy atom. The highest BCUT2D eigenvalue weighted by Crippen LogP contribution is 2.03. The third-order valence-corrected chi connectivity index (χ3v) is 3.42. The molecule has 0 spiro atoms. The summed E-state index contributed by atoms with van der Waals surface area (Å²) in [5.74, 6) is 0. The van der Waals surface area contributed by atoms with Gasteiger partial charge in [0.2, 0.25) is 0 Å². The van der Waals surface area contributed by atoms with E-state index in [1.165, 1.54) is 19.3 Å². The zero-order chi connectivity index (χ0) is 15.8. The highest BCUT2D eigenvalue weighted by atomic mass is 16.6. The molecule has 0 unspecified atom stereocenters. The van der Waals surface area contributed by atoms with Gasteiger partial charge in [0.15, 0.2) is 0 Å². The summed E-state index contributed by atoms with van der Waals surface area (Å²) in [5.41, 5.74) is 0. The topological polar surface area (TPSA) is 61.8 Å². The van der Waals surface area contributed by atoms with Crippen LogP contribution in [0.25, 0.3) is 0 Å². The van der Waals surface area contributed by atoms with Crippen LogP contribution in [-0.4, -0.2) is 56.0 Å². The van der Waals surface area contributed by atoms with Crippen molar-refractivity contribution >= 4 is 6.09 Å². The quantitative estimate of drug-likeness (QED) is 0.484. The molecule has 0 atom stereocenters. The van der Waals surface area contributed by atoms with Crippen molar-refractivity contribution in [2.75, 3.05) is 39.9 Å². The molecule has 21 heavy (non-hydrogen) atoms. The maximum Gasteiger partial charge on any atom is 0.409 e. The van der Waals surface area contributed by atoms with Gasteiger partial charge in [-0.05, 0) is 25.8 Å². The molecule has 5 heteroatoms. The van der Waals surface area contributed by atoms with E-state index >= 15 is 0 Å². The first-order valence-electron chi connectivity index (χ1n) is 8.41. The van der Waals surface area contributed by atoms with Gasteiger partial charge in [-0.3, -0.25) is 0 Å². The minimum absolute atomic E-state index is 0.196. The first kappa shape index (κ1) is 20.2. The van der Waals surface area contributed by atoms with Crippen LogP contribution in [0.5, 0.6) is 0 Å². The Morgan fingerprint density at radius 1 is 1.05 bits per heavy atom. The standard InChI is InChI=1S/C16H34N2O3/c1-3-4-5-9-13-18(2)16(20)21-15-10-7-6-8-11-17-12-14-19/h17,19H,3-15H2,1-2H3. The first-order chi connectivity index (χ1) is 10.2. The number of aliphatic hydroxyl groups is 1.